The Labute approximate surface area is 812 Å². The fraction of sp³-hybridized carbons (Fsp3) is 1.00. The van der Waals surface area contributed by atoms with Gasteiger partial charge in [-0.15, -0.1) is 92.8 Å². The molecule has 32 atom stereocenters. The number of nitrogens with one attached hydrogen (secondary N) is 8. The summed E-state index contributed by atoms with van der Waals surface area (Å²) in [6.45, 7) is 19.0. The molecular formula is C96H176Cl8N8S8. The smallest absolute Gasteiger partial charge is 0.0681 e. The van der Waals surface area contributed by atoms with E-state index in [-0.39, 0.29) is 73.0 Å². The molecule has 5 aliphatic heterocycles. The van der Waals surface area contributed by atoms with Crippen LogP contribution in [0, 0.1) is 47.3 Å². The zero-order valence-corrected chi connectivity index (χ0v) is 88.9. The summed E-state index contributed by atoms with van der Waals surface area (Å²) in [6, 6.07) is 0. The molecule has 704 valence electrons. The lowest BCUT2D eigenvalue weighted by molar-refractivity contribution is 0.185. The third kappa shape index (κ3) is 32.5. The maximum atomic E-state index is 8.07. The molecule has 8 bridgehead atoms. The highest BCUT2D eigenvalue weighted by Crippen LogP contribution is 2.60. The number of halogens is 8. The Kier molecular flexibility index (Phi) is 56.5. The second-order valence-corrected chi connectivity index (χ2v) is 52.5. The van der Waals surface area contributed by atoms with Crippen molar-refractivity contribution in [2.24, 2.45) is 47.3 Å². The Hall–Kier alpha value is 4.80. The van der Waals surface area contributed by atoms with E-state index in [1.165, 1.54) is 354 Å². The molecule has 24 heteroatoms. The van der Waals surface area contributed by atoms with Crippen LogP contribution in [-0.2, 0) is 0 Å². The fourth-order valence-electron chi connectivity index (χ4n) is 22.3. The Morgan fingerprint density at radius 1 is 0.142 bits per heavy atom. The highest BCUT2D eigenvalue weighted by atomic mass is 35.5. The van der Waals surface area contributed by atoms with Crippen LogP contribution < -0.4 is 42.5 Å². The van der Waals surface area contributed by atoms with Gasteiger partial charge in [-0.2, -0.15) is 94.1 Å². The predicted molar refractivity (Wildman–Crippen MR) is 557 cm³/mol. The summed E-state index contributed by atoms with van der Waals surface area (Å²) in [5.41, 5.74) is 0. The van der Waals surface area contributed by atoms with Gasteiger partial charge >= 0.3 is 0 Å². The normalized spacial score (nSPS) is 37.2. The minimum Gasteiger partial charge on any atom is -0.286 e. The third-order valence-electron chi connectivity index (χ3n) is 29.0. The van der Waals surface area contributed by atoms with E-state index in [4.69, 9.17) is 109 Å². The number of alkyl halides is 8. The van der Waals surface area contributed by atoms with Crippen molar-refractivity contribution in [3.05, 3.63) is 0 Å². The molecule has 0 aromatic carbocycles. The molecule has 4 saturated carbocycles. The van der Waals surface area contributed by atoms with Gasteiger partial charge in [0, 0.05) is 89.3 Å². The maximum absolute atomic E-state index is 8.07. The summed E-state index contributed by atoms with van der Waals surface area (Å²) in [5.74, 6) is 10.3. The zero-order valence-electron chi connectivity index (χ0n) is 76.4. The van der Waals surface area contributed by atoms with Crippen LogP contribution in [0.1, 0.15) is 364 Å². The van der Waals surface area contributed by atoms with Gasteiger partial charge in [0.1, 0.15) is 0 Å². The predicted octanol–water partition coefficient (Wildman–Crippen LogP) is 28.9. The van der Waals surface area contributed by atoms with Crippen LogP contribution >= 0.6 is 187 Å². The van der Waals surface area contributed by atoms with Crippen LogP contribution in [0.3, 0.4) is 0 Å². The SMILES string of the molecule is CCCCCCCCSC1C(SCCCCCCCC)C(SCCCCCCCC)C2C3NC(NC4NC(NC5NC(NC6NC(N3)C3C(SCCCCCCCC)C(SCCCCCCCC)C(SCCCCCCCC)C(SCCCCCCCC)C63)C3C(Cl)C(Cl)C(Cl)C(Cl)C53)C3C(Cl)C(Cl)C(Cl)C(Cl)C43)C2C1SCCCCCCCC. The van der Waals surface area contributed by atoms with E-state index in [0.717, 1.165) is 0 Å². The van der Waals surface area contributed by atoms with Crippen LogP contribution in [0.25, 0.3) is 0 Å². The Bertz CT molecular complexity index is 2440. The molecule has 5 heterocycles. The van der Waals surface area contributed by atoms with Crippen molar-refractivity contribution in [2.75, 3.05) is 46.0 Å². The van der Waals surface area contributed by atoms with Gasteiger partial charge in [0.15, 0.2) is 0 Å². The summed E-state index contributed by atoms with van der Waals surface area (Å²) >= 11 is 82.0. The van der Waals surface area contributed by atoms with Gasteiger partial charge in [0.2, 0.25) is 0 Å². The summed E-state index contributed by atoms with van der Waals surface area (Å²) in [5, 5.41) is 36.7. The van der Waals surface area contributed by atoms with E-state index >= 15 is 0 Å². The van der Waals surface area contributed by atoms with Gasteiger partial charge in [0.25, 0.3) is 0 Å². The average molecular weight is 1980 g/mol. The molecule has 0 amide bonds. The first kappa shape index (κ1) is 108. The summed E-state index contributed by atoms with van der Waals surface area (Å²) in [4.78, 5) is 0. The van der Waals surface area contributed by atoms with Crippen molar-refractivity contribution in [1.29, 1.82) is 0 Å². The summed E-state index contributed by atoms with van der Waals surface area (Å²) in [7, 11) is 0. The van der Waals surface area contributed by atoms with Gasteiger partial charge in [0.05, 0.1) is 92.3 Å². The van der Waals surface area contributed by atoms with Crippen molar-refractivity contribution in [3.63, 3.8) is 0 Å². The van der Waals surface area contributed by atoms with Crippen molar-refractivity contribution < 1.29 is 0 Å². The molecule has 9 fully saturated rings. The summed E-state index contributed by atoms with van der Waals surface area (Å²) < 4.78 is 0. The number of thioether (sulfide) groups is 8. The van der Waals surface area contributed by atoms with Gasteiger partial charge in [-0.25, -0.2) is 0 Å². The van der Waals surface area contributed by atoms with E-state index in [2.05, 4.69) is 176 Å². The quantitative estimate of drug-likeness (QED) is 0.0219. The molecule has 8 N–H and O–H groups in total. The number of unbranched alkanes of at least 4 members (excludes halogenated alkanes) is 40. The average Bonchev–Trinajstić information content (AvgIpc) is 1.55. The standard InChI is InChI=1S/C96H176Cl8N8S8/c1-9-17-25-33-41-49-57-113-81-69-71(83(115-59-51-43-35-27-19-11-3)87(119-63-55-47-39-31-23-15-7)85(81)117-61-53-45-37-29-21-13-5)95-110-93(69)108-91-67-65(73(97)77(101)79(103)75(67)99)89(106-91)105-90-66-68(76(100)80(104)78(102)74(66)98)92(107-90)109-94-70-72(96(111-94)112-95)84(116-60-52-44-36-28-20-12-4)88(120-64-56-48-40-32-24-16-8)86(118-62-54-46-38-30-22-14-6)82(70)114-58-50-42-34-26-18-10-2/h65-96,105-112H,9-64H2,1-8H3. The lowest BCUT2D eigenvalue weighted by atomic mass is 9.75. The van der Waals surface area contributed by atoms with Crippen LogP contribution in [0.2, 0.25) is 0 Å². The van der Waals surface area contributed by atoms with E-state index in [0.29, 0.717) is 65.7 Å². The monoisotopic (exact) mass is 1980 g/mol. The molecule has 9 aliphatic rings. The van der Waals surface area contributed by atoms with Crippen molar-refractivity contribution in [2.45, 2.75) is 498 Å². The topological polar surface area (TPSA) is 96.2 Å². The van der Waals surface area contributed by atoms with Gasteiger partial charge in [-0.05, 0) is 97.4 Å². The first-order chi connectivity index (χ1) is 58.7. The Morgan fingerprint density at radius 2 is 0.258 bits per heavy atom. The van der Waals surface area contributed by atoms with Crippen molar-refractivity contribution in [3.8, 4) is 0 Å². The molecule has 8 nitrogen and oxygen atoms in total. The van der Waals surface area contributed by atoms with Crippen LogP contribution in [-0.4, -0.2) is 180 Å². The molecule has 4 aliphatic carbocycles. The number of fused-ring (bicyclic) bond motifs is 20. The highest BCUT2D eigenvalue weighted by molar-refractivity contribution is 8.08. The van der Waals surface area contributed by atoms with Gasteiger partial charge in [-0.1, -0.05) is 312 Å². The van der Waals surface area contributed by atoms with Gasteiger partial charge in [-0.3, -0.25) is 42.5 Å². The minimum atomic E-state index is -0.545. The molecule has 32 unspecified atom stereocenters. The number of hydrogen-bond acceptors (Lipinski definition) is 16. The van der Waals surface area contributed by atoms with Crippen LogP contribution in [0.15, 0.2) is 0 Å². The second-order valence-electron chi connectivity index (χ2n) is 38.2. The Balaban J connectivity index is 1.26. The number of rotatable bonds is 64. The van der Waals surface area contributed by atoms with E-state index in [1.54, 1.807) is 0 Å². The molecular weight excluding hydrogens is 1810 g/mol. The lowest BCUT2D eigenvalue weighted by Gasteiger charge is -2.52. The van der Waals surface area contributed by atoms with Crippen LogP contribution in [0.4, 0.5) is 0 Å². The van der Waals surface area contributed by atoms with Crippen molar-refractivity contribution in [1.82, 2.24) is 42.5 Å². The molecule has 5 saturated heterocycles. The van der Waals surface area contributed by atoms with E-state index in [1.807, 2.05) is 0 Å². The fourth-order valence-corrected chi connectivity index (χ4v) is 40.7. The molecule has 0 aromatic rings. The lowest BCUT2D eigenvalue weighted by Crippen LogP contribution is -2.62. The number of hydrogen-bond donors (Lipinski definition) is 8. The highest BCUT2D eigenvalue weighted by Gasteiger charge is 2.67. The molecule has 9 rings (SSSR count). The molecule has 0 radical (unpaired) electrons. The maximum Gasteiger partial charge on any atom is 0.0681 e. The molecule has 0 aromatic heterocycles. The molecule has 120 heavy (non-hydrogen) atoms. The largest absolute Gasteiger partial charge is 0.286 e. The van der Waals surface area contributed by atoms with Gasteiger partial charge < -0.3 is 0 Å². The van der Waals surface area contributed by atoms with Crippen molar-refractivity contribution >= 4 is 187 Å². The zero-order chi connectivity index (χ0) is 85.4. The first-order valence-electron chi connectivity index (χ1n) is 50.9. The minimum absolute atomic E-state index is 0.00211. The third-order valence-corrected chi connectivity index (χ3v) is 47.2. The summed E-state index contributed by atoms with van der Waals surface area (Å²) in [6.07, 6.45) is 62.3. The van der Waals surface area contributed by atoms with Crippen LogP contribution in [0.5, 0.6) is 0 Å². The van der Waals surface area contributed by atoms with E-state index < -0.39 is 43.0 Å². The van der Waals surface area contributed by atoms with E-state index in [9.17, 15) is 0 Å². The molecule has 0 spiro atoms. The Morgan fingerprint density at radius 3 is 0.400 bits per heavy atom. The first-order valence-corrected chi connectivity index (χ1v) is 62.8. The second kappa shape index (κ2) is 62.5.